The normalized spacial score (nSPS) is 27.5. The van der Waals surface area contributed by atoms with E-state index in [1.54, 1.807) is 0 Å². The molecule has 4 heterocycles. The van der Waals surface area contributed by atoms with E-state index in [0.717, 1.165) is 11.3 Å². The molecule has 6 atom stereocenters. The lowest BCUT2D eigenvalue weighted by molar-refractivity contribution is -0.151. The second kappa shape index (κ2) is 13.6. The molecule has 4 fully saturated rings. The van der Waals surface area contributed by atoms with Crippen LogP contribution in [0.25, 0.3) is 0 Å². The number of carbonyl (C=O) groups is 6. The third-order valence-electron chi connectivity index (χ3n) is 8.45. The number of likely N-dealkylation sites (tertiary alicyclic amines) is 3. The summed E-state index contributed by atoms with van der Waals surface area (Å²) >= 11 is 0. The van der Waals surface area contributed by atoms with E-state index in [1.807, 2.05) is 0 Å². The van der Waals surface area contributed by atoms with Gasteiger partial charge in [-0.05, 0) is 57.9 Å². The first-order chi connectivity index (χ1) is 19.7. The Morgan fingerprint density at radius 2 is 1.20 bits per heavy atom. The Morgan fingerprint density at radius 1 is 0.683 bits per heavy atom. The van der Waals surface area contributed by atoms with Crippen molar-refractivity contribution in [3.8, 4) is 0 Å². The highest BCUT2D eigenvalue weighted by Gasteiger charge is 2.45. The van der Waals surface area contributed by atoms with Gasteiger partial charge in [-0.3, -0.25) is 24.0 Å². The molecule has 4 saturated heterocycles. The number of nitrogens with one attached hydrogen (secondary N) is 3. The number of rotatable bonds is 10. The van der Waals surface area contributed by atoms with E-state index >= 15 is 0 Å². The van der Waals surface area contributed by atoms with E-state index < -0.39 is 79.1 Å². The van der Waals surface area contributed by atoms with Gasteiger partial charge in [0.1, 0.15) is 30.2 Å². The standard InChI is InChI=1S/C26H40N6O9/c33-13-16(28-21(35)15-5-1-9-27-15)23(37)31-11-3-7-19(31)25(39)30-10-2-6-18(30)22(36)29-17(14-34)24(38)32-12-4-8-20(32)26(40)41/h15-20,27,33-34H,1-14H2,(H,28,35)(H,29,36)(H,40,41)/t15-,16-,17-,18-,19-,20-/m0/s1. The van der Waals surface area contributed by atoms with E-state index in [2.05, 4.69) is 16.0 Å². The first-order valence-electron chi connectivity index (χ1n) is 14.4. The zero-order chi connectivity index (χ0) is 29.7. The van der Waals surface area contributed by atoms with Gasteiger partial charge in [-0.25, -0.2) is 4.79 Å². The van der Waals surface area contributed by atoms with E-state index in [-0.39, 0.29) is 32.0 Å². The zero-order valence-corrected chi connectivity index (χ0v) is 23.0. The molecule has 0 unspecified atom stereocenters. The average Bonchev–Trinajstić information content (AvgIpc) is 3.78. The van der Waals surface area contributed by atoms with Crippen molar-refractivity contribution in [2.45, 2.75) is 87.6 Å². The molecule has 4 aliphatic heterocycles. The van der Waals surface area contributed by atoms with Crippen LogP contribution in [0.1, 0.15) is 51.4 Å². The zero-order valence-electron chi connectivity index (χ0n) is 23.0. The molecule has 0 radical (unpaired) electrons. The van der Waals surface area contributed by atoms with Crippen LogP contribution in [0.15, 0.2) is 0 Å². The van der Waals surface area contributed by atoms with Crippen molar-refractivity contribution in [3.05, 3.63) is 0 Å². The number of aliphatic hydroxyl groups excluding tert-OH is 2. The quantitative estimate of drug-likeness (QED) is 0.152. The summed E-state index contributed by atoms with van der Waals surface area (Å²) in [5.41, 5.74) is 0. The molecule has 0 aliphatic carbocycles. The largest absolute Gasteiger partial charge is 0.480 e. The van der Waals surface area contributed by atoms with Crippen molar-refractivity contribution in [3.63, 3.8) is 0 Å². The van der Waals surface area contributed by atoms with Crippen molar-refractivity contribution >= 4 is 35.5 Å². The Balaban J connectivity index is 1.39. The van der Waals surface area contributed by atoms with Crippen LogP contribution in [0.4, 0.5) is 0 Å². The highest BCUT2D eigenvalue weighted by molar-refractivity contribution is 5.97. The number of carboxylic acid groups (broad SMARTS) is 1. The summed E-state index contributed by atoms with van der Waals surface area (Å²) in [5, 5.41) is 37.2. The van der Waals surface area contributed by atoms with Gasteiger partial charge in [0, 0.05) is 19.6 Å². The average molecular weight is 581 g/mol. The number of nitrogens with zero attached hydrogens (tertiary/aromatic N) is 3. The third-order valence-corrected chi connectivity index (χ3v) is 8.45. The fourth-order valence-corrected chi connectivity index (χ4v) is 6.29. The summed E-state index contributed by atoms with van der Waals surface area (Å²) in [7, 11) is 0. The topological polar surface area (TPSA) is 209 Å². The number of amides is 5. The Bertz CT molecular complexity index is 1030. The maximum absolute atomic E-state index is 13.6. The molecule has 41 heavy (non-hydrogen) atoms. The highest BCUT2D eigenvalue weighted by Crippen LogP contribution is 2.26. The summed E-state index contributed by atoms with van der Waals surface area (Å²) in [6.45, 7) is 0.0542. The maximum Gasteiger partial charge on any atom is 0.326 e. The molecule has 15 heteroatoms. The smallest absolute Gasteiger partial charge is 0.326 e. The minimum Gasteiger partial charge on any atom is -0.480 e. The van der Waals surface area contributed by atoms with Crippen molar-refractivity contribution in [2.24, 2.45) is 0 Å². The minimum absolute atomic E-state index is 0.203. The fourth-order valence-electron chi connectivity index (χ4n) is 6.29. The van der Waals surface area contributed by atoms with Gasteiger partial charge >= 0.3 is 5.97 Å². The third kappa shape index (κ3) is 6.62. The Kier molecular flexibility index (Phi) is 10.1. The van der Waals surface area contributed by atoms with Crippen LogP contribution in [0, 0.1) is 0 Å². The lowest BCUT2D eigenvalue weighted by Gasteiger charge is -2.33. The first kappa shape index (κ1) is 30.7. The number of aliphatic carboxylic acids is 1. The molecule has 0 spiro atoms. The summed E-state index contributed by atoms with van der Waals surface area (Å²) in [5.74, 6) is -3.88. The Morgan fingerprint density at radius 3 is 1.73 bits per heavy atom. The molecule has 0 aromatic rings. The molecule has 228 valence electrons. The van der Waals surface area contributed by atoms with Crippen molar-refractivity contribution < 1.29 is 44.1 Å². The first-order valence-corrected chi connectivity index (χ1v) is 14.4. The van der Waals surface area contributed by atoms with Gasteiger partial charge in [0.15, 0.2) is 0 Å². The van der Waals surface area contributed by atoms with Crippen LogP contribution in [-0.2, 0) is 28.8 Å². The molecular formula is C26H40N6O9. The maximum atomic E-state index is 13.6. The molecule has 0 saturated carbocycles. The Hall–Kier alpha value is -3.30. The SMILES string of the molecule is O=C(N[C@@H](CO)C(=O)N1CCC[C@H]1C(=O)N1CCC[C@H]1C(=O)N[C@@H](CO)C(=O)N1CCC[C@H]1C(=O)O)[C@@H]1CCCN1. The summed E-state index contributed by atoms with van der Waals surface area (Å²) in [6.07, 6.45) is 3.95. The van der Waals surface area contributed by atoms with Gasteiger partial charge in [-0.2, -0.15) is 0 Å². The van der Waals surface area contributed by atoms with Crippen molar-refractivity contribution in [2.75, 3.05) is 39.4 Å². The number of aliphatic hydroxyl groups is 2. The van der Waals surface area contributed by atoms with Crippen molar-refractivity contribution in [1.29, 1.82) is 0 Å². The van der Waals surface area contributed by atoms with Crippen LogP contribution in [0.5, 0.6) is 0 Å². The molecule has 0 aromatic carbocycles. The predicted octanol–water partition coefficient (Wildman–Crippen LogP) is -3.25. The second-order valence-electron chi connectivity index (χ2n) is 11.0. The number of carbonyl (C=O) groups excluding carboxylic acids is 5. The fraction of sp³-hybridized carbons (Fsp3) is 0.769. The monoisotopic (exact) mass is 580 g/mol. The lowest BCUT2D eigenvalue weighted by Crippen LogP contribution is -2.59. The molecule has 4 rings (SSSR count). The van der Waals surface area contributed by atoms with Crippen molar-refractivity contribution in [1.82, 2.24) is 30.7 Å². The molecule has 5 amide bonds. The summed E-state index contributed by atoms with van der Waals surface area (Å²) < 4.78 is 0. The summed E-state index contributed by atoms with van der Waals surface area (Å²) in [4.78, 5) is 81.0. The van der Waals surface area contributed by atoms with Crippen LogP contribution in [-0.4, -0.2) is 141 Å². The van der Waals surface area contributed by atoms with E-state index in [9.17, 15) is 44.1 Å². The molecule has 4 aliphatic rings. The van der Waals surface area contributed by atoms with Crippen LogP contribution in [0.3, 0.4) is 0 Å². The minimum atomic E-state index is -1.35. The van der Waals surface area contributed by atoms with Crippen LogP contribution < -0.4 is 16.0 Å². The molecule has 15 nitrogen and oxygen atoms in total. The number of carboxylic acids is 1. The lowest BCUT2D eigenvalue weighted by atomic mass is 10.1. The van der Waals surface area contributed by atoms with Gasteiger partial charge in [0.25, 0.3) is 0 Å². The van der Waals surface area contributed by atoms with E-state index in [4.69, 9.17) is 0 Å². The molecule has 0 bridgehead atoms. The van der Waals surface area contributed by atoms with Gasteiger partial charge < -0.3 is 46.0 Å². The predicted molar refractivity (Wildman–Crippen MR) is 141 cm³/mol. The highest BCUT2D eigenvalue weighted by atomic mass is 16.4. The summed E-state index contributed by atoms with van der Waals surface area (Å²) in [6, 6.07) is -5.82. The van der Waals surface area contributed by atoms with Crippen LogP contribution >= 0.6 is 0 Å². The molecule has 6 N–H and O–H groups in total. The van der Waals surface area contributed by atoms with E-state index in [0.29, 0.717) is 45.1 Å². The molecular weight excluding hydrogens is 540 g/mol. The molecule has 0 aromatic heterocycles. The van der Waals surface area contributed by atoms with Gasteiger partial charge in [-0.15, -0.1) is 0 Å². The van der Waals surface area contributed by atoms with Gasteiger partial charge in [0.05, 0.1) is 19.3 Å². The number of hydrogen-bond donors (Lipinski definition) is 6. The number of hydrogen-bond acceptors (Lipinski definition) is 9. The van der Waals surface area contributed by atoms with E-state index in [1.165, 1.54) is 9.80 Å². The Labute approximate surface area is 237 Å². The second-order valence-corrected chi connectivity index (χ2v) is 11.0. The van der Waals surface area contributed by atoms with Gasteiger partial charge in [0.2, 0.25) is 29.5 Å². The van der Waals surface area contributed by atoms with Gasteiger partial charge in [-0.1, -0.05) is 0 Å². The van der Waals surface area contributed by atoms with Crippen LogP contribution in [0.2, 0.25) is 0 Å².